The van der Waals surface area contributed by atoms with Crippen LogP contribution in [-0.4, -0.2) is 43.1 Å². The van der Waals surface area contributed by atoms with Crippen molar-refractivity contribution in [3.8, 4) is 6.19 Å². The van der Waals surface area contributed by atoms with E-state index in [9.17, 15) is 69.1 Å². The van der Waals surface area contributed by atoms with Crippen LogP contribution in [0.5, 0.6) is 0 Å². The highest BCUT2D eigenvalue weighted by Crippen LogP contribution is 2.08. The van der Waals surface area contributed by atoms with E-state index in [2.05, 4.69) is 0 Å². The fourth-order valence-electron chi connectivity index (χ4n) is 0.783. The van der Waals surface area contributed by atoms with Crippen molar-refractivity contribution >= 4 is 34.7 Å². The molecule has 31 heavy (non-hydrogen) atoms. The quantitative estimate of drug-likeness (QED) is 0.290. The Morgan fingerprint density at radius 1 is 0.613 bits per heavy atom. The smallest absolute Gasteiger partial charge is 0.418 e. The molecule has 0 aliphatic rings. The number of hydrogen-bond acceptors (Lipinski definition) is 2. The molecule has 0 N–H and O–H groups in total. The summed E-state index contributed by atoms with van der Waals surface area (Å²) < 4.78 is 157. The molecular formula is C8H10B4F16N3-3. The number of nitrogens with zero attached hydrogens (tertiary/aromatic N) is 3. The zero-order chi connectivity index (χ0) is 26.3. The fraction of sp³-hybridized carbons (Fsp3) is 0.250. The molecule has 0 fully saturated rings. The van der Waals surface area contributed by atoms with Gasteiger partial charge in [-0.05, 0) is 0 Å². The molecule has 0 atom stereocenters. The summed E-state index contributed by atoms with van der Waals surface area (Å²) in [6.45, 7) is 0. The van der Waals surface area contributed by atoms with Gasteiger partial charge in [0.25, 0.3) is 0 Å². The average Bonchev–Trinajstić information content (AvgIpc) is 2.40. The maximum atomic E-state index is 9.75. The van der Waals surface area contributed by atoms with Gasteiger partial charge >= 0.3 is 35.2 Å². The lowest BCUT2D eigenvalue weighted by Crippen LogP contribution is -2.26. The predicted octanol–water partition coefficient (Wildman–Crippen LogP) is 5.57. The summed E-state index contributed by atoms with van der Waals surface area (Å²) in [5.41, 5.74) is 1.09. The minimum absolute atomic E-state index is 1.09. The second kappa shape index (κ2) is 15.4. The van der Waals surface area contributed by atoms with Gasteiger partial charge in [0.15, 0.2) is 5.26 Å². The summed E-state index contributed by atoms with van der Waals surface area (Å²) in [5.74, 6) is 0. The molecule has 0 aromatic carbocycles. The molecule has 3 nitrogen and oxygen atoms in total. The first-order valence-electron chi connectivity index (χ1n) is 6.82. The summed E-state index contributed by atoms with van der Waals surface area (Å²) in [6, 6.07) is 3.78. The molecule has 23 heteroatoms. The topological polar surface area (TPSA) is 30.9 Å². The molecule has 0 saturated carbocycles. The molecule has 0 unspecified atom stereocenters. The van der Waals surface area contributed by atoms with E-state index >= 15 is 0 Å². The van der Waals surface area contributed by atoms with Crippen molar-refractivity contribution in [3.63, 3.8) is 0 Å². The fourth-order valence-corrected chi connectivity index (χ4v) is 0.783. The van der Waals surface area contributed by atoms with Gasteiger partial charge in [0.2, 0.25) is 0 Å². The van der Waals surface area contributed by atoms with Crippen LogP contribution < -0.4 is 9.47 Å². The molecule has 1 rings (SSSR count). The van der Waals surface area contributed by atoms with Gasteiger partial charge in [-0.25, -0.2) is 0 Å². The molecular weight excluding hydrogens is 485 g/mol. The minimum atomic E-state index is -6.00. The van der Waals surface area contributed by atoms with Crippen LogP contribution in [-0.2, 0) is 0 Å². The molecule has 1 aromatic heterocycles. The van der Waals surface area contributed by atoms with Crippen molar-refractivity contribution < 1.29 is 73.6 Å². The summed E-state index contributed by atoms with van der Waals surface area (Å²) in [6.07, 6.45) is 5.45. The molecule has 0 saturated heterocycles. The van der Waals surface area contributed by atoms with Crippen LogP contribution in [0.4, 0.5) is 74.7 Å². The first-order valence-corrected chi connectivity index (χ1v) is 6.82. The Balaban J connectivity index is -0.000000157. The van der Waals surface area contributed by atoms with Crippen molar-refractivity contribution in [1.82, 2.24) is 0 Å². The van der Waals surface area contributed by atoms with E-state index in [0.29, 0.717) is 0 Å². The zero-order valence-electron chi connectivity index (χ0n) is 15.0. The Hall–Kier alpha value is -2.42. The van der Waals surface area contributed by atoms with Gasteiger partial charge in [-0.2, -0.15) is 0 Å². The standard InChI is InChI=1S/C8H10N3.4BF4/c1-10(2)8-3-5-11(7-9)6-4-8;4*2-1(3,4)5/h3-6H,1-2H3;;;;/q+1;4*-1. The van der Waals surface area contributed by atoms with Crippen LogP contribution in [0.1, 0.15) is 0 Å². The molecule has 0 amide bonds. The average molecular weight is 495 g/mol. The maximum Gasteiger partial charge on any atom is 0.673 e. The molecule has 0 aliphatic heterocycles. The van der Waals surface area contributed by atoms with Gasteiger partial charge in [-0.3, -0.25) is 0 Å². The van der Waals surface area contributed by atoms with Gasteiger partial charge in [0.1, 0.15) is 12.4 Å². The van der Waals surface area contributed by atoms with Crippen molar-refractivity contribution in [2.75, 3.05) is 19.0 Å². The number of rotatable bonds is 1. The summed E-state index contributed by atoms with van der Waals surface area (Å²) >= 11 is 0. The summed E-state index contributed by atoms with van der Waals surface area (Å²) in [4.78, 5) is 1.99. The van der Waals surface area contributed by atoms with Gasteiger partial charge in [0.05, 0.1) is 0 Å². The number of hydrogen-bond donors (Lipinski definition) is 0. The van der Waals surface area contributed by atoms with Crippen molar-refractivity contribution in [2.45, 2.75) is 0 Å². The molecule has 184 valence electrons. The van der Waals surface area contributed by atoms with Crippen LogP contribution in [0.3, 0.4) is 0 Å². The highest BCUT2D eigenvalue weighted by atomic mass is 19.5. The van der Waals surface area contributed by atoms with E-state index in [0.717, 1.165) is 5.69 Å². The molecule has 0 aliphatic carbocycles. The lowest BCUT2D eigenvalue weighted by molar-refractivity contribution is -0.586. The number of anilines is 1. The van der Waals surface area contributed by atoms with Gasteiger partial charge in [-0.15, -0.1) is 4.57 Å². The Morgan fingerprint density at radius 3 is 0.935 bits per heavy atom. The van der Waals surface area contributed by atoms with Gasteiger partial charge in [-0.1, -0.05) is 0 Å². The van der Waals surface area contributed by atoms with E-state index in [1.165, 1.54) is 4.57 Å². The van der Waals surface area contributed by atoms with Crippen LogP contribution in [0.2, 0.25) is 0 Å². The minimum Gasteiger partial charge on any atom is -0.418 e. The second-order valence-electron chi connectivity index (χ2n) is 4.44. The largest absolute Gasteiger partial charge is 0.673 e. The summed E-state index contributed by atoms with van der Waals surface area (Å²) in [5, 5.41) is 8.47. The van der Waals surface area contributed by atoms with Crippen LogP contribution in [0.25, 0.3) is 0 Å². The Labute approximate surface area is 164 Å². The Bertz CT molecular complexity index is 530. The molecule has 1 heterocycles. The van der Waals surface area contributed by atoms with Crippen LogP contribution in [0, 0.1) is 11.5 Å². The van der Waals surface area contributed by atoms with Gasteiger partial charge < -0.3 is 74.0 Å². The van der Waals surface area contributed by atoms with E-state index in [-0.39, 0.29) is 0 Å². The van der Waals surface area contributed by atoms with Crippen molar-refractivity contribution in [1.29, 1.82) is 5.26 Å². The lowest BCUT2D eigenvalue weighted by Gasteiger charge is -2.09. The number of pyridine rings is 1. The number of nitriles is 1. The monoisotopic (exact) mass is 496 g/mol. The Kier molecular flexibility index (Phi) is 17.9. The van der Waals surface area contributed by atoms with Crippen molar-refractivity contribution in [2.24, 2.45) is 0 Å². The molecule has 0 spiro atoms. The van der Waals surface area contributed by atoms with E-state index < -0.39 is 29.0 Å². The zero-order valence-corrected chi connectivity index (χ0v) is 15.0. The normalized spacial score (nSPS) is 10.9. The second-order valence-corrected chi connectivity index (χ2v) is 4.44. The van der Waals surface area contributed by atoms with E-state index in [1.807, 2.05) is 37.3 Å². The summed E-state index contributed by atoms with van der Waals surface area (Å²) in [7, 11) is -20.1. The third-order valence-electron chi connectivity index (χ3n) is 1.44. The van der Waals surface area contributed by atoms with E-state index in [4.69, 9.17) is 5.26 Å². The molecule has 0 radical (unpaired) electrons. The molecule has 1 aromatic rings. The lowest BCUT2D eigenvalue weighted by atomic mass is 10.3. The third-order valence-corrected chi connectivity index (χ3v) is 1.44. The van der Waals surface area contributed by atoms with Crippen LogP contribution in [0.15, 0.2) is 24.5 Å². The third kappa shape index (κ3) is 97.9. The number of halogens is 16. The first-order chi connectivity index (χ1) is 13.2. The first kappa shape index (κ1) is 36.0. The van der Waals surface area contributed by atoms with Gasteiger partial charge in [0, 0.05) is 31.9 Å². The van der Waals surface area contributed by atoms with Crippen molar-refractivity contribution in [3.05, 3.63) is 24.5 Å². The maximum absolute atomic E-state index is 9.75. The SMILES string of the molecule is CN(C)c1cc[n+](C#N)cc1.F[B-](F)(F)F.F[B-](F)(F)F.F[B-](F)(F)F.F[B-](F)(F)F. The highest BCUT2D eigenvalue weighted by Gasteiger charge is 2.21. The molecule has 0 bridgehead atoms. The predicted molar refractivity (Wildman–Crippen MR) is 82.7 cm³/mol. The van der Waals surface area contributed by atoms with Crippen LogP contribution >= 0.6 is 0 Å². The van der Waals surface area contributed by atoms with E-state index in [1.54, 1.807) is 12.4 Å². The number of aromatic nitrogens is 1. The highest BCUT2D eigenvalue weighted by molar-refractivity contribution is 6.50. The Morgan fingerprint density at radius 2 is 0.806 bits per heavy atom.